The topological polar surface area (TPSA) is 53.6 Å². The van der Waals surface area contributed by atoms with Gasteiger partial charge in [0.05, 0.1) is 12.6 Å². The van der Waals surface area contributed by atoms with Crippen LogP contribution in [0.25, 0.3) is 0 Å². The molecule has 1 aliphatic heterocycles. The first-order valence-electron chi connectivity index (χ1n) is 8.19. The van der Waals surface area contributed by atoms with Crippen molar-refractivity contribution in [2.45, 2.75) is 25.5 Å². The molecule has 0 saturated carbocycles. The highest BCUT2D eigenvalue weighted by Crippen LogP contribution is 2.23. The number of benzene rings is 1. The summed E-state index contributed by atoms with van der Waals surface area (Å²) in [7, 11) is 1.77. The molecule has 2 heterocycles. The number of nitrogens with one attached hydrogen (secondary N) is 2. The van der Waals surface area contributed by atoms with Gasteiger partial charge in [0.25, 0.3) is 0 Å². The zero-order valence-corrected chi connectivity index (χ0v) is 14.6. The second kappa shape index (κ2) is 8.17. The minimum atomic E-state index is -0.187. The normalized spacial score (nSPS) is 17.5. The van der Waals surface area contributed by atoms with Gasteiger partial charge in [-0.05, 0) is 48.6 Å². The fourth-order valence-electron chi connectivity index (χ4n) is 2.88. The van der Waals surface area contributed by atoms with Crippen molar-refractivity contribution in [3.8, 4) is 0 Å². The van der Waals surface area contributed by atoms with Crippen LogP contribution in [-0.2, 0) is 11.3 Å². The fourth-order valence-corrected chi connectivity index (χ4v) is 3.52. The van der Waals surface area contributed by atoms with Crippen molar-refractivity contribution >= 4 is 28.7 Å². The third-order valence-electron chi connectivity index (χ3n) is 4.21. The molecule has 2 amide bonds. The van der Waals surface area contributed by atoms with Crippen LogP contribution in [0.15, 0.2) is 41.8 Å². The molecule has 5 nitrogen and oxygen atoms in total. The van der Waals surface area contributed by atoms with Crippen molar-refractivity contribution in [1.82, 2.24) is 5.32 Å². The Bertz CT molecular complexity index is 643. The number of methoxy groups -OCH3 is 1. The van der Waals surface area contributed by atoms with Crippen LogP contribution in [0.5, 0.6) is 0 Å². The Morgan fingerprint density at radius 2 is 2.17 bits per heavy atom. The van der Waals surface area contributed by atoms with Gasteiger partial charge in [-0.2, -0.15) is 0 Å². The lowest BCUT2D eigenvalue weighted by Crippen LogP contribution is -2.39. The molecule has 1 aromatic heterocycles. The maximum Gasteiger partial charge on any atom is 0.319 e. The van der Waals surface area contributed by atoms with Crippen LogP contribution in [0.4, 0.5) is 16.2 Å². The number of hydrogen-bond donors (Lipinski definition) is 2. The largest absolute Gasteiger partial charge is 0.380 e. The number of anilines is 2. The van der Waals surface area contributed by atoms with Gasteiger partial charge < -0.3 is 20.3 Å². The van der Waals surface area contributed by atoms with Gasteiger partial charge in [0.1, 0.15) is 0 Å². The van der Waals surface area contributed by atoms with Gasteiger partial charge in [-0.3, -0.25) is 0 Å². The van der Waals surface area contributed by atoms with Crippen LogP contribution < -0.4 is 15.5 Å². The highest BCUT2D eigenvalue weighted by atomic mass is 32.1. The smallest absolute Gasteiger partial charge is 0.319 e. The average Bonchev–Trinajstić information content (AvgIpc) is 3.14. The molecular weight excluding hydrogens is 322 g/mol. The van der Waals surface area contributed by atoms with Gasteiger partial charge in [-0.25, -0.2) is 4.79 Å². The number of nitrogens with zero attached hydrogens (tertiary/aromatic N) is 1. The lowest BCUT2D eigenvalue weighted by atomic mass is 10.1. The van der Waals surface area contributed by atoms with Gasteiger partial charge in [0.2, 0.25) is 0 Å². The monoisotopic (exact) mass is 345 g/mol. The van der Waals surface area contributed by atoms with Crippen molar-refractivity contribution in [2.24, 2.45) is 0 Å². The van der Waals surface area contributed by atoms with E-state index in [0.717, 1.165) is 36.5 Å². The Morgan fingerprint density at radius 3 is 2.88 bits per heavy atom. The number of hydrogen-bond acceptors (Lipinski definition) is 4. The van der Waals surface area contributed by atoms with Gasteiger partial charge in [-0.15, -0.1) is 11.3 Å². The molecule has 1 atom stereocenters. The van der Waals surface area contributed by atoms with Gasteiger partial charge in [0, 0.05) is 36.5 Å². The lowest BCUT2D eigenvalue weighted by molar-refractivity contribution is 0.0893. The fraction of sp³-hybridized carbons (Fsp3) is 0.389. The van der Waals surface area contributed by atoms with Crippen LogP contribution >= 0.6 is 11.3 Å². The van der Waals surface area contributed by atoms with Crippen LogP contribution in [0.2, 0.25) is 0 Å². The second-order valence-corrected chi connectivity index (χ2v) is 6.91. The summed E-state index contributed by atoms with van der Waals surface area (Å²) in [4.78, 5) is 15.4. The highest BCUT2D eigenvalue weighted by molar-refractivity contribution is 7.09. The molecule has 0 spiro atoms. The van der Waals surface area contributed by atoms with E-state index >= 15 is 0 Å². The van der Waals surface area contributed by atoms with E-state index in [1.807, 2.05) is 41.8 Å². The zero-order chi connectivity index (χ0) is 16.8. The molecule has 128 valence electrons. The number of amides is 2. The molecule has 3 rings (SSSR count). The molecule has 0 aliphatic carbocycles. The van der Waals surface area contributed by atoms with E-state index in [0.29, 0.717) is 12.6 Å². The van der Waals surface area contributed by atoms with E-state index in [9.17, 15) is 4.79 Å². The Kier molecular flexibility index (Phi) is 5.72. The Balaban J connectivity index is 1.51. The predicted molar refractivity (Wildman–Crippen MR) is 98.9 cm³/mol. The molecular formula is C18H23N3O2S. The van der Waals surface area contributed by atoms with E-state index in [1.54, 1.807) is 18.4 Å². The van der Waals surface area contributed by atoms with Gasteiger partial charge in [-0.1, -0.05) is 6.07 Å². The van der Waals surface area contributed by atoms with Gasteiger partial charge in [0.15, 0.2) is 0 Å². The maximum absolute atomic E-state index is 11.9. The molecule has 0 radical (unpaired) electrons. The molecule has 1 saturated heterocycles. The van der Waals surface area contributed by atoms with Crippen LogP contribution in [0, 0.1) is 0 Å². The highest BCUT2D eigenvalue weighted by Gasteiger charge is 2.19. The molecule has 0 bridgehead atoms. The molecule has 1 aliphatic rings. The standard InChI is InChI=1S/C18H23N3O2S/c1-23-16-4-2-10-21(13-16)15-8-6-14(7-9-15)20-18(22)19-12-17-5-3-11-24-17/h3,5-9,11,16H,2,4,10,12-13H2,1H3,(H2,19,20,22)/t16-/m1/s1. The molecule has 1 fully saturated rings. The minimum Gasteiger partial charge on any atom is -0.380 e. The molecule has 2 aromatic rings. The van der Waals surface area contributed by atoms with Crippen molar-refractivity contribution < 1.29 is 9.53 Å². The summed E-state index contributed by atoms with van der Waals surface area (Å²) < 4.78 is 5.47. The number of carbonyl (C=O) groups is 1. The number of piperidine rings is 1. The lowest BCUT2D eigenvalue weighted by Gasteiger charge is -2.33. The number of rotatable bonds is 5. The van der Waals surface area contributed by atoms with E-state index in [1.165, 1.54) is 5.69 Å². The number of urea groups is 1. The first-order chi connectivity index (χ1) is 11.7. The molecule has 0 unspecified atom stereocenters. The van der Waals surface area contributed by atoms with Crippen LogP contribution in [0.3, 0.4) is 0 Å². The predicted octanol–water partition coefficient (Wildman–Crippen LogP) is 3.69. The first kappa shape index (κ1) is 16.8. The summed E-state index contributed by atoms with van der Waals surface area (Å²) >= 11 is 1.63. The summed E-state index contributed by atoms with van der Waals surface area (Å²) in [5.74, 6) is 0. The first-order valence-corrected chi connectivity index (χ1v) is 9.07. The number of thiophene rings is 1. The Labute approximate surface area is 146 Å². The van der Waals surface area contributed by atoms with E-state index in [-0.39, 0.29) is 6.03 Å². The average molecular weight is 345 g/mol. The number of carbonyl (C=O) groups excluding carboxylic acids is 1. The third kappa shape index (κ3) is 4.49. The summed E-state index contributed by atoms with van der Waals surface area (Å²) in [6, 6.07) is 11.8. The number of ether oxygens (including phenoxy) is 1. The van der Waals surface area contributed by atoms with Crippen molar-refractivity contribution in [3.63, 3.8) is 0 Å². The molecule has 1 aromatic carbocycles. The quantitative estimate of drug-likeness (QED) is 0.869. The molecule has 2 N–H and O–H groups in total. The van der Waals surface area contributed by atoms with E-state index in [2.05, 4.69) is 15.5 Å². The SMILES string of the molecule is CO[C@@H]1CCCN(c2ccc(NC(=O)NCc3cccs3)cc2)C1. The van der Waals surface area contributed by atoms with Crippen molar-refractivity contribution in [2.75, 3.05) is 30.4 Å². The van der Waals surface area contributed by atoms with Crippen LogP contribution in [0.1, 0.15) is 17.7 Å². The molecule has 24 heavy (non-hydrogen) atoms. The molecule has 6 heteroatoms. The van der Waals surface area contributed by atoms with E-state index in [4.69, 9.17) is 4.74 Å². The Hall–Kier alpha value is -2.05. The zero-order valence-electron chi connectivity index (χ0n) is 13.8. The van der Waals surface area contributed by atoms with Gasteiger partial charge >= 0.3 is 6.03 Å². The van der Waals surface area contributed by atoms with E-state index < -0.39 is 0 Å². The summed E-state index contributed by atoms with van der Waals surface area (Å²) in [6.45, 7) is 2.52. The van der Waals surface area contributed by atoms with Crippen LogP contribution in [-0.4, -0.2) is 32.3 Å². The minimum absolute atomic E-state index is 0.187. The Morgan fingerprint density at radius 1 is 1.33 bits per heavy atom. The summed E-state index contributed by atoms with van der Waals surface area (Å²) in [6.07, 6.45) is 2.57. The third-order valence-corrected chi connectivity index (χ3v) is 5.08. The van der Waals surface area contributed by atoms with Crippen molar-refractivity contribution in [1.29, 1.82) is 0 Å². The van der Waals surface area contributed by atoms with Crippen molar-refractivity contribution in [3.05, 3.63) is 46.7 Å². The maximum atomic E-state index is 11.9. The summed E-state index contributed by atoms with van der Waals surface area (Å²) in [5, 5.41) is 7.73. The second-order valence-electron chi connectivity index (χ2n) is 5.88. The summed E-state index contributed by atoms with van der Waals surface area (Å²) in [5.41, 5.74) is 1.96.